The number of nitrogens with zero attached hydrogens (tertiary/aromatic N) is 3. The first-order valence-corrected chi connectivity index (χ1v) is 12.2. The Morgan fingerprint density at radius 3 is 2.36 bits per heavy atom. The molecule has 28 heavy (non-hydrogen) atoms. The van der Waals surface area contributed by atoms with Crippen LogP contribution in [0.2, 0.25) is 0 Å². The maximum absolute atomic E-state index is 5.67. The summed E-state index contributed by atoms with van der Waals surface area (Å²) in [5.74, 6) is 1.54. The summed E-state index contributed by atoms with van der Waals surface area (Å²) in [6, 6.07) is 8.01. The third-order valence-electron chi connectivity index (χ3n) is 4.33. The molecule has 5 aromatic rings. The van der Waals surface area contributed by atoms with Gasteiger partial charge in [-0.15, -0.1) is 11.3 Å². The number of anilines is 2. The van der Waals surface area contributed by atoms with E-state index in [1.165, 1.54) is 4.70 Å². The predicted molar refractivity (Wildman–Crippen MR) is 118 cm³/mol. The normalized spacial score (nSPS) is 13.6. The summed E-state index contributed by atoms with van der Waals surface area (Å²) < 4.78 is 15.8. The summed E-state index contributed by atoms with van der Waals surface area (Å²) in [5, 5.41) is 5.01. The Labute approximate surface area is 175 Å². The van der Waals surface area contributed by atoms with Crippen molar-refractivity contribution >= 4 is 86.7 Å². The van der Waals surface area contributed by atoms with Gasteiger partial charge in [0.25, 0.3) is 0 Å². The Morgan fingerprint density at radius 1 is 0.857 bits per heavy atom. The lowest BCUT2D eigenvalue weighted by Crippen LogP contribution is -2.15. The molecule has 0 bridgehead atoms. The number of aromatic nitrogens is 3. The monoisotopic (exact) mass is 444 g/mol. The molecule has 0 atom stereocenters. The number of hydrogen-bond donors (Lipinski definition) is 1. The van der Waals surface area contributed by atoms with E-state index in [0.29, 0.717) is 13.2 Å². The van der Waals surface area contributed by atoms with Gasteiger partial charge in [0.05, 0.1) is 30.6 Å². The van der Waals surface area contributed by atoms with Gasteiger partial charge >= 0.3 is 0 Å². The molecule has 0 saturated carbocycles. The number of thiazole rings is 3. The van der Waals surface area contributed by atoms with Crippen LogP contribution in [0.4, 0.5) is 10.3 Å². The summed E-state index contributed by atoms with van der Waals surface area (Å²) in [6.07, 6.45) is 2.05. The van der Waals surface area contributed by atoms with Crippen LogP contribution in [0.25, 0.3) is 30.6 Å². The molecule has 0 radical (unpaired) electrons. The Morgan fingerprint density at radius 2 is 1.54 bits per heavy atom. The number of nitrogens with one attached hydrogen (secondary N) is 1. The van der Waals surface area contributed by atoms with E-state index in [1.54, 1.807) is 45.8 Å². The highest BCUT2D eigenvalue weighted by Crippen LogP contribution is 2.41. The summed E-state index contributed by atoms with van der Waals surface area (Å²) in [4.78, 5) is 14.1. The van der Waals surface area contributed by atoms with Gasteiger partial charge in [-0.3, -0.25) is 0 Å². The van der Waals surface area contributed by atoms with Gasteiger partial charge in [-0.1, -0.05) is 34.4 Å². The minimum absolute atomic E-state index is 0.573. The molecule has 6 nitrogen and oxygen atoms in total. The molecule has 3 aromatic heterocycles. The molecule has 6 rings (SSSR count). The van der Waals surface area contributed by atoms with Crippen molar-refractivity contribution in [3.05, 3.63) is 24.3 Å². The van der Waals surface area contributed by atoms with Crippen molar-refractivity contribution in [2.75, 3.05) is 24.8 Å². The zero-order valence-electron chi connectivity index (χ0n) is 14.5. The van der Waals surface area contributed by atoms with Gasteiger partial charge in [-0.25, -0.2) is 15.0 Å². The Kier molecular flexibility index (Phi) is 3.86. The highest BCUT2D eigenvalue weighted by Gasteiger charge is 2.16. The van der Waals surface area contributed by atoms with Crippen LogP contribution in [-0.2, 0) is 0 Å². The first-order valence-electron chi connectivity index (χ1n) is 8.48. The lowest BCUT2D eigenvalue weighted by Gasteiger charge is -2.17. The van der Waals surface area contributed by atoms with Crippen LogP contribution in [0.3, 0.4) is 0 Å². The number of thioether (sulfide) groups is 1. The molecule has 10 heteroatoms. The summed E-state index contributed by atoms with van der Waals surface area (Å²) in [5.41, 5.74) is 2.91. The SMILES string of the molecule is CSc1nc2ccc3nc(Nc4nc5cc6c(cc5s4)OCCO6)sc3c2s1. The van der Waals surface area contributed by atoms with Crippen molar-refractivity contribution in [3.63, 3.8) is 0 Å². The molecule has 0 saturated heterocycles. The zero-order valence-corrected chi connectivity index (χ0v) is 17.8. The molecule has 0 spiro atoms. The van der Waals surface area contributed by atoms with Crippen molar-refractivity contribution in [3.8, 4) is 11.5 Å². The maximum Gasteiger partial charge on any atom is 0.190 e. The number of fused-ring (bicyclic) bond motifs is 5. The second kappa shape index (κ2) is 6.45. The first kappa shape index (κ1) is 16.8. The summed E-state index contributed by atoms with van der Waals surface area (Å²) in [6.45, 7) is 1.15. The average Bonchev–Trinajstić information content (AvgIpc) is 3.40. The van der Waals surface area contributed by atoms with Crippen LogP contribution in [-0.4, -0.2) is 34.4 Å². The summed E-state index contributed by atoms with van der Waals surface area (Å²) >= 11 is 6.61. The Bertz CT molecular complexity index is 1310. The van der Waals surface area contributed by atoms with Crippen LogP contribution in [0, 0.1) is 0 Å². The fourth-order valence-electron chi connectivity index (χ4n) is 3.10. The topological polar surface area (TPSA) is 69.2 Å². The third kappa shape index (κ3) is 2.71. The molecular weight excluding hydrogens is 432 g/mol. The lowest BCUT2D eigenvalue weighted by molar-refractivity contribution is 0.172. The molecule has 0 fully saturated rings. The Hall–Kier alpha value is -2.14. The van der Waals surface area contributed by atoms with Crippen molar-refractivity contribution in [1.29, 1.82) is 0 Å². The molecule has 4 heterocycles. The minimum Gasteiger partial charge on any atom is -0.486 e. The van der Waals surface area contributed by atoms with Crippen LogP contribution in [0.15, 0.2) is 28.6 Å². The van der Waals surface area contributed by atoms with E-state index in [-0.39, 0.29) is 0 Å². The molecule has 1 N–H and O–H groups in total. The molecule has 0 aliphatic carbocycles. The van der Waals surface area contributed by atoms with Crippen LogP contribution >= 0.6 is 45.8 Å². The third-order valence-corrected chi connectivity index (χ3v) is 8.47. The van der Waals surface area contributed by atoms with Gasteiger partial charge in [0, 0.05) is 12.1 Å². The van der Waals surface area contributed by atoms with E-state index < -0.39 is 0 Å². The fraction of sp³-hybridized carbons (Fsp3) is 0.167. The number of hydrogen-bond acceptors (Lipinski definition) is 10. The smallest absolute Gasteiger partial charge is 0.190 e. The van der Waals surface area contributed by atoms with Gasteiger partial charge < -0.3 is 14.8 Å². The van der Waals surface area contributed by atoms with E-state index in [4.69, 9.17) is 19.4 Å². The van der Waals surface area contributed by atoms with Crippen molar-refractivity contribution in [2.45, 2.75) is 4.34 Å². The van der Waals surface area contributed by atoms with Crippen LogP contribution in [0.5, 0.6) is 11.5 Å². The molecule has 0 amide bonds. The molecule has 1 aliphatic rings. The molecular formula is C18H12N4O2S4. The van der Waals surface area contributed by atoms with Crippen molar-refractivity contribution in [2.24, 2.45) is 0 Å². The summed E-state index contributed by atoms with van der Waals surface area (Å²) in [7, 11) is 0. The van der Waals surface area contributed by atoms with E-state index in [0.717, 1.165) is 52.1 Å². The van der Waals surface area contributed by atoms with Gasteiger partial charge in [-0.05, 0) is 18.4 Å². The van der Waals surface area contributed by atoms with E-state index >= 15 is 0 Å². The molecule has 0 unspecified atom stereocenters. The van der Waals surface area contributed by atoms with Gasteiger partial charge in [-0.2, -0.15) is 0 Å². The second-order valence-electron chi connectivity index (χ2n) is 6.07. The molecule has 1 aliphatic heterocycles. The number of benzene rings is 2. The van der Waals surface area contributed by atoms with Crippen molar-refractivity contribution in [1.82, 2.24) is 15.0 Å². The van der Waals surface area contributed by atoms with Crippen LogP contribution in [0.1, 0.15) is 0 Å². The number of ether oxygens (including phenoxy) is 2. The minimum atomic E-state index is 0.573. The van der Waals surface area contributed by atoms with Gasteiger partial charge in [0.1, 0.15) is 13.2 Å². The highest BCUT2D eigenvalue weighted by molar-refractivity contribution is 8.00. The number of rotatable bonds is 3. The second-order valence-corrected chi connectivity index (χ2v) is 10.2. The van der Waals surface area contributed by atoms with Gasteiger partial charge in [0.2, 0.25) is 0 Å². The largest absolute Gasteiger partial charge is 0.486 e. The quantitative estimate of drug-likeness (QED) is 0.355. The maximum atomic E-state index is 5.67. The highest BCUT2D eigenvalue weighted by atomic mass is 32.2. The van der Waals surface area contributed by atoms with E-state index in [9.17, 15) is 0 Å². The predicted octanol–water partition coefficient (Wildman–Crippen LogP) is 5.75. The Balaban J connectivity index is 1.39. The zero-order chi connectivity index (χ0) is 18.7. The molecule has 2 aromatic carbocycles. The molecule has 140 valence electrons. The standard InChI is InChI=1S/C18H12N4O2S4/c1-25-18-21-9-3-2-8-14(15(9)28-18)27-17(19-8)22-16-20-10-6-11-12(7-13(10)26-16)24-5-4-23-11/h2-3,6-7H,4-5H2,1H3,(H,19,20,22). The first-order chi connectivity index (χ1) is 13.8. The van der Waals surface area contributed by atoms with Gasteiger partial charge in [0.15, 0.2) is 26.1 Å². The lowest BCUT2D eigenvalue weighted by atomic mass is 10.3. The fourth-order valence-corrected chi connectivity index (χ4v) is 6.70. The van der Waals surface area contributed by atoms with E-state index in [2.05, 4.69) is 16.6 Å². The average molecular weight is 445 g/mol. The van der Waals surface area contributed by atoms with E-state index in [1.807, 2.05) is 24.3 Å². The van der Waals surface area contributed by atoms with Crippen LogP contribution < -0.4 is 14.8 Å². The van der Waals surface area contributed by atoms with Crippen molar-refractivity contribution < 1.29 is 9.47 Å².